The number of benzene rings is 2. The average molecular weight is 330 g/mol. The van der Waals surface area contributed by atoms with Crippen LogP contribution in [0.5, 0.6) is 0 Å². The Balaban J connectivity index is 2.08. The second kappa shape index (κ2) is 6.07. The van der Waals surface area contributed by atoms with Gasteiger partial charge < -0.3 is 0 Å². The highest BCUT2D eigenvalue weighted by atomic mass is 35.5. The lowest BCUT2D eigenvalue weighted by Gasteiger charge is -2.07. The molecule has 0 saturated heterocycles. The van der Waals surface area contributed by atoms with Crippen LogP contribution in [0.15, 0.2) is 48.7 Å². The third-order valence-corrected chi connectivity index (χ3v) is 4.28. The summed E-state index contributed by atoms with van der Waals surface area (Å²) in [5.41, 5.74) is 2.89. The maximum Gasteiger partial charge on any atom is 0.196 e. The van der Waals surface area contributed by atoms with E-state index in [1.807, 2.05) is 24.3 Å². The Labute approximate surface area is 138 Å². The zero-order chi connectivity index (χ0) is 15.7. The number of aryl methyl sites for hydroxylation is 1. The Bertz CT molecular complexity index is 857. The van der Waals surface area contributed by atoms with E-state index in [4.69, 9.17) is 23.2 Å². The first-order valence-corrected chi connectivity index (χ1v) is 7.73. The molecule has 22 heavy (non-hydrogen) atoms. The van der Waals surface area contributed by atoms with Gasteiger partial charge in [0, 0.05) is 22.2 Å². The number of hydrogen-bond acceptors (Lipinski definition) is 2. The predicted molar refractivity (Wildman–Crippen MR) is 91.0 cm³/mol. The third kappa shape index (κ3) is 2.72. The first kappa shape index (κ1) is 15.0. The van der Waals surface area contributed by atoms with Gasteiger partial charge in [0.1, 0.15) is 0 Å². The van der Waals surface area contributed by atoms with Gasteiger partial charge in [0.05, 0.1) is 16.1 Å². The van der Waals surface area contributed by atoms with Gasteiger partial charge in [0.15, 0.2) is 5.78 Å². The molecule has 0 N–H and O–H groups in total. The molecule has 0 aliphatic heterocycles. The number of halogens is 2. The normalized spacial score (nSPS) is 10.9. The molecule has 0 spiro atoms. The van der Waals surface area contributed by atoms with Gasteiger partial charge >= 0.3 is 0 Å². The molecule has 110 valence electrons. The van der Waals surface area contributed by atoms with Gasteiger partial charge in [-0.3, -0.25) is 9.78 Å². The lowest BCUT2D eigenvalue weighted by Crippen LogP contribution is -2.03. The Morgan fingerprint density at radius 3 is 2.50 bits per heavy atom. The maximum atomic E-state index is 12.6. The molecule has 0 amide bonds. The molecule has 0 unspecified atom stereocenters. The smallest absolute Gasteiger partial charge is 0.196 e. The summed E-state index contributed by atoms with van der Waals surface area (Å²) in [5.74, 6) is -0.137. The highest BCUT2D eigenvalue weighted by molar-refractivity contribution is 6.40. The molecule has 3 rings (SSSR count). The topological polar surface area (TPSA) is 30.0 Å². The zero-order valence-electron chi connectivity index (χ0n) is 11.9. The van der Waals surface area contributed by atoms with Gasteiger partial charge in [0.25, 0.3) is 0 Å². The van der Waals surface area contributed by atoms with Crippen molar-refractivity contribution in [1.82, 2.24) is 4.98 Å². The van der Waals surface area contributed by atoms with Crippen LogP contribution < -0.4 is 0 Å². The second-order valence-electron chi connectivity index (χ2n) is 5.03. The van der Waals surface area contributed by atoms with Crippen molar-refractivity contribution in [2.45, 2.75) is 13.3 Å². The average Bonchev–Trinajstić information content (AvgIpc) is 2.55. The molecule has 2 nitrogen and oxygen atoms in total. The standard InChI is InChI=1S/C18H13Cl2NO/c1-2-11-3-5-12(6-4-11)18(22)15-10-21-16-8-7-13(19)9-14(16)17(15)20/h3-10H,2H2,1H3. The quantitative estimate of drug-likeness (QED) is 0.607. The summed E-state index contributed by atoms with van der Waals surface area (Å²) >= 11 is 12.4. The van der Waals surface area contributed by atoms with E-state index < -0.39 is 0 Å². The van der Waals surface area contributed by atoms with Crippen molar-refractivity contribution >= 4 is 39.9 Å². The van der Waals surface area contributed by atoms with Crippen LogP contribution in [0.3, 0.4) is 0 Å². The van der Waals surface area contributed by atoms with E-state index in [1.165, 1.54) is 11.8 Å². The predicted octanol–water partition coefficient (Wildman–Crippen LogP) is 5.34. The van der Waals surface area contributed by atoms with E-state index in [9.17, 15) is 4.79 Å². The number of nitrogens with zero attached hydrogens (tertiary/aromatic N) is 1. The van der Waals surface area contributed by atoms with E-state index >= 15 is 0 Å². The number of rotatable bonds is 3. The first-order valence-electron chi connectivity index (χ1n) is 6.97. The number of fused-ring (bicyclic) bond motifs is 1. The highest BCUT2D eigenvalue weighted by Gasteiger charge is 2.16. The fourth-order valence-corrected chi connectivity index (χ4v) is 2.80. The van der Waals surface area contributed by atoms with E-state index in [-0.39, 0.29) is 5.78 Å². The van der Waals surface area contributed by atoms with Crippen LogP contribution >= 0.6 is 23.2 Å². The number of pyridine rings is 1. The van der Waals surface area contributed by atoms with Gasteiger partial charge in [0.2, 0.25) is 0 Å². The Kier molecular flexibility index (Phi) is 4.14. The zero-order valence-corrected chi connectivity index (χ0v) is 13.4. The van der Waals surface area contributed by atoms with E-state index in [2.05, 4.69) is 11.9 Å². The van der Waals surface area contributed by atoms with Crippen LogP contribution in [0.4, 0.5) is 0 Å². The Morgan fingerprint density at radius 2 is 1.82 bits per heavy atom. The minimum Gasteiger partial charge on any atom is -0.288 e. The molecular formula is C18H13Cl2NO. The van der Waals surface area contributed by atoms with Crippen LogP contribution in [-0.4, -0.2) is 10.8 Å². The van der Waals surface area contributed by atoms with Gasteiger partial charge in [-0.2, -0.15) is 0 Å². The lowest BCUT2D eigenvalue weighted by atomic mass is 10.0. The number of carbonyl (C=O) groups excluding carboxylic acids is 1. The van der Waals surface area contributed by atoms with Gasteiger partial charge in [-0.15, -0.1) is 0 Å². The van der Waals surface area contributed by atoms with Crippen LogP contribution in [-0.2, 0) is 6.42 Å². The summed E-state index contributed by atoms with van der Waals surface area (Å²) in [7, 11) is 0. The summed E-state index contributed by atoms with van der Waals surface area (Å²) < 4.78 is 0. The molecule has 0 atom stereocenters. The largest absolute Gasteiger partial charge is 0.288 e. The summed E-state index contributed by atoms with van der Waals surface area (Å²) in [6, 6.07) is 12.8. The summed E-state index contributed by atoms with van der Waals surface area (Å²) in [6.45, 7) is 2.07. The molecule has 3 aromatic rings. The fraction of sp³-hybridized carbons (Fsp3) is 0.111. The molecule has 0 bridgehead atoms. The molecule has 2 aromatic carbocycles. The van der Waals surface area contributed by atoms with Crippen LogP contribution in [0, 0.1) is 0 Å². The highest BCUT2D eigenvalue weighted by Crippen LogP contribution is 2.29. The molecule has 1 aromatic heterocycles. The van der Waals surface area contributed by atoms with Crippen LogP contribution in [0.1, 0.15) is 28.4 Å². The number of hydrogen-bond donors (Lipinski definition) is 0. The van der Waals surface area contributed by atoms with Gasteiger partial charge in [-0.25, -0.2) is 0 Å². The molecule has 0 saturated carbocycles. The number of carbonyl (C=O) groups is 1. The minimum atomic E-state index is -0.137. The lowest BCUT2D eigenvalue weighted by molar-refractivity contribution is 0.103. The summed E-state index contributed by atoms with van der Waals surface area (Å²) in [5, 5.41) is 1.63. The molecule has 1 heterocycles. The maximum absolute atomic E-state index is 12.6. The van der Waals surface area contributed by atoms with E-state index in [1.54, 1.807) is 18.2 Å². The van der Waals surface area contributed by atoms with E-state index in [0.29, 0.717) is 32.1 Å². The Morgan fingerprint density at radius 1 is 1.09 bits per heavy atom. The summed E-state index contributed by atoms with van der Waals surface area (Å²) in [4.78, 5) is 16.9. The fourth-order valence-electron chi connectivity index (χ4n) is 2.34. The number of ketones is 1. The molecule has 0 aliphatic rings. The van der Waals surface area contributed by atoms with Crippen molar-refractivity contribution in [3.63, 3.8) is 0 Å². The van der Waals surface area contributed by atoms with Crippen molar-refractivity contribution < 1.29 is 4.79 Å². The van der Waals surface area contributed by atoms with Crippen LogP contribution in [0.25, 0.3) is 10.9 Å². The van der Waals surface area contributed by atoms with E-state index in [0.717, 1.165) is 6.42 Å². The Hall–Kier alpha value is -1.90. The van der Waals surface area contributed by atoms with Crippen molar-refractivity contribution in [2.75, 3.05) is 0 Å². The van der Waals surface area contributed by atoms with Gasteiger partial charge in [-0.05, 0) is 30.2 Å². The molecular weight excluding hydrogens is 317 g/mol. The van der Waals surface area contributed by atoms with Crippen LogP contribution in [0.2, 0.25) is 10.0 Å². The molecule has 4 heteroatoms. The monoisotopic (exact) mass is 329 g/mol. The molecule has 0 fully saturated rings. The first-order chi connectivity index (χ1) is 10.6. The van der Waals surface area contributed by atoms with Crippen molar-refractivity contribution in [1.29, 1.82) is 0 Å². The van der Waals surface area contributed by atoms with Gasteiger partial charge in [-0.1, -0.05) is 54.4 Å². The van der Waals surface area contributed by atoms with Crippen molar-refractivity contribution in [3.8, 4) is 0 Å². The number of aromatic nitrogens is 1. The minimum absolute atomic E-state index is 0.137. The molecule has 0 radical (unpaired) electrons. The second-order valence-corrected chi connectivity index (χ2v) is 5.84. The molecule has 0 aliphatic carbocycles. The third-order valence-electron chi connectivity index (χ3n) is 3.63. The SMILES string of the molecule is CCc1ccc(C(=O)c2cnc3ccc(Cl)cc3c2Cl)cc1. The summed E-state index contributed by atoms with van der Waals surface area (Å²) in [6.07, 6.45) is 2.46. The van der Waals surface area contributed by atoms with Crippen molar-refractivity contribution in [3.05, 3.63) is 75.4 Å². The van der Waals surface area contributed by atoms with Crippen molar-refractivity contribution in [2.24, 2.45) is 0 Å².